The van der Waals surface area contributed by atoms with E-state index in [1.54, 1.807) is 33.7 Å². The fourth-order valence-corrected chi connectivity index (χ4v) is 3.47. The van der Waals surface area contributed by atoms with Gasteiger partial charge in [-0.05, 0) is 60.9 Å². The number of benzene rings is 2. The van der Waals surface area contributed by atoms with Gasteiger partial charge in [0.05, 0.1) is 21.3 Å². The molecule has 2 aromatic carbocycles. The molecule has 0 spiro atoms. The molecule has 7 nitrogen and oxygen atoms in total. The number of amides is 1. The third kappa shape index (κ3) is 5.29. The van der Waals surface area contributed by atoms with Crippen LogP contribution >= 0.6 is 0 Å². The highest BCUT2D eigenvalue weighted by Gasteiger charge is 2.15. The zero-order valence-electron chi connectivity index (χ0n) is 19.0. The SMILES string of the molecule is COc1cc(CNC(=O)c2cc(C)c(OCc3cccnc3)c(C)c2)cc(OC)c1OC. The molecule has 0 unspecified atom stereocenters. The number of nitrogens with one attached hydrogen (secondary N) is 1. The lowest BCUT2D eigenvalue weighted by molar-refractivity contribution is 0.0950. The highest BCUT2D eigenvalue weighted by atomic mass is 16.5. The molecule has 1 amide bonds. The van der Waals surface area contributed by atoms with Gasteiger partial charge in [0.1, 0.15) is 12.4 Å². The zero-order valence-corrected chi connectivity index (χ0v) is 19.0. The first-order valence-corrected chi connectivity index (χ1v) is 10.2. The van der Waals surface area contributed by atoms with Gasteiger partial charge in [-0.3, -0.25) is 9.78 Å². The van der Waals surface area contributed by atoms with Crippen molar-refractivity contribution in [2.24, 2.45) is 0 Å². The quantitative estimate of drug-likeness (QED) is 0.541. The molecule has 168 valence electrons. The van der Waals surface area contributed by atoms with Crippen molar-refractivity contribution in [2.75, 3.05) is 21.3 Å². The van der Waals surface area contributed by atoms with E-state index in [0.717, 1.165) is 28.0 Å². The third-order valence-electron chi connectivity index (χ3n) is 5.01. The lowest BCUT2D eigenvalue weighted by atomic mass is 10.0. The third-order valence-corrected chi connectivity index (χ3v) is 5.01. The van der Waals surface area contributed by atoms with Gasteiger partial charge in [-0.15, -0.1) is 0 Å². The van der Waals surface area contributed by atoms with Crippen molar-refractivity contribution in [1.82, 2.24) is 10.3 Å². The predicted octanol–water partition coefficient (Wildman–Crippen LogP) is 4.23. The first kappa shape index (κ1) is 22.9. The van der Waals surface area contributed by atoms with Crippen molar-refractivity contribution in [3.63, 3.8) is 0 Å². The van der Waals surface area contributed by atoms with E-state index in [1.165, 1.54) is 0 Å². The average Bonchev–Trinajstić information content (AvgIpc) is 2.81. The summed E-state index contributed by atoms with van der Waals surface area (Å²) in [6.45, 7) is 4.60. The fraction of sp³-hybridized carbons (Fsp3) is 0.280. The standard InChI is InChI=1S/C25H28N2O5/c1-16-9-20(10-17(2)23(16)32-15-18-7-6-8-26-13-18)25(28)27-14-19-11-21(29-3)24(31-5)22(12-19)30-4/h6-13H,14-15H2,1-5H3,(H,27,28). The van der Waals surface area contributed by atoms with Crippen molar-refractivity contribution >= 4 is 5.91 Å². The summed E-state index contributed by atoms with van der Waals surface area (Å²) in [5.74, 6) is 2.19. The molecule has 0 radical (unpaired) electrons. The lowest BCUT2D eigenvalue weighted by Gasteiger charge is -2.15. The molecule has 0 aliphatic carbocycles. The Morgan fingerprint density at radius 2 is 1.56 bits per heavy atom. The topological polar surface area (TPSA) is 78.9 Å². The van der Waals surface area contributed by atoms with Gasteiger partial charge in [0.15, 0.2) is 11.5 Å². The molecule has 1 heterocycles. The van der Waals surface area contributed by atoms with Gasteiger partial charge >= 0.3 is 0 Å². The van der Waals surface area contributed by atoms with Crippen molar-refractivity contribution in [3.05, 3.63) is 76.6 Å². The van der Waals surface area contributed by atoms with Crippen LogP contribution in [0, 0.1) is 13.8 Å². The van der Waals surface area contributed by atoms with Gasteiger partial charge in [-0.2, -0.15) is 0 Å². The van der Waals surface area contributed by atoms with E-state index in [1.807, 2.05) is 50.2 Å². The fourth-order valence-electron chi connectivity index (χ4n) is 3.47. The smallest absolute Gasteiger partial charge is 0.251 e. The summed E-state index contributed by atoms with van der Waals surface area (Å²) in [6, 6.07) is 11.1. The molecular formula is C25H28N2O5. The van der Waals surface area contributed by atoms with Crippen molar-refractivity contribution in [2.45, 2.75) is 27.0 Å². The largest absolute Gasteiger partial charge is 0.493 e. The highest BCUT2D eigenvalue weighted by molar-refractivity contribution is 5.94. The predicted molar refractivity (Wildman–Crippen MR) is 122 cm³/mol. The van der Waals surface area contributed by atoms with E-state index in [-0.39, 0.29) is 5.91 Å². The summed E-state index contributed by atoms with van der Waals surface area (Å²) in [4.78, 5) is 16.9. The Morgan fingerprint density at radius 3 is 2.09 bits per heavy atom. The number of hydrogen-bond donors (Lipinski definition) is 1. The molecule has 0 fully saturated rings. The maximum atomic E-state index is 12.8. The normalized spacial score (nSPS) is 10.4. The number of methoxy groups -OCH3 is 3. The summed E-state index contributed by atoms with van der Waals surface area (Å²) in [5.41, 5.74) is 4.18. The molecule has 0 saturated carbocycles. The second-order valence-electron chi connectivity index (χ2n) is 7.31. The summed E-state index contributed by atoms with van der Waals surface area (Å²) in [6.07, 6.45) is 3.50. The molecule has 3 aromatic rings. The summed E-state index contributed by atoms with van der Waals surface area (Å²) >= 11 is 0. The zero-order chi connectivity index (χ0) is 23.1. The van der Waals surface area contributed by atoms with Crippen LogP contribution in [0.15, 0.2) is 48.8 Å². The molecule has 1 N–H and O–H groups in total. The van der Waals surface area contributed by atoms with E-state index in [2.05, 4.69) is 10.3 Å². The number of nitrogens with zero attached hydrogens (tertiary/aromatic N) is 1. The van der Waals surface area contributed by atoms with Crippen LogP contribution in [0.4, 0.5) is 0 Å². The first-order valence-electron chi connectivity index (χ1n) is 10.2. The number of pyridine rings is 1. The van der Waals surface area contributed by atoms with Crippen LogP contribution in [-0.2, 0) is 13.2 Å². The van der Waals surface area contributed by atoms with Crippen LogP contribution in [0.5, 0.6) is 23.0 Å². The van der Waals surface area contributed by atoms with Gasteiger partial charge < -0.3 is 24.3 Å². The summed E-state index contributed by atoms with van der Waals surface area (Å²) in [7, 11) is 4.67. The van der Waals surface area contributed by atoms with Gasteiger partial charge in [0.2, 0.25) is 5.75 Å². The Labute approximate surface area is 188 Å². The molecule has 0 saturated heterocycles. The number of aryl methyl sites for hydroxylation is 2. The van der Waals surface area contributed by atoms with E-state index < -0.39 is 0 Å². The van der Waals surface area contributed by atoms with E-state index in [4.69, 9.17) is 18.9 Å². The Kier molecular flexibility index (Phi) is 7.54. The Balaban J connectivity index is 1.70. The number of hydrogen-bond acceptors (Lipinski definition) is 6. The lowest BCUT2D eigenvalue weighted by Crippen LogP contribution is -2.23. The Morgan fingerprint density at radius 1 is 0.906 bits per heavy atom. The summed E-state index contributed by atoms with van der Waals surface area (Å²) in [5, 5.41) is 2.95. The minimum atomic E-state index is -0.177. The minimum absolute atomic E-state index is 0.177. The molecular weight excluding hydrogens is 408 g/mol. The second kappa shape index (κ2) is 10.5. The van der Waals surface area contributed by atoms with Gasteiger partial charge in [0, 0.05) is 30.1 Å². The summed E-state index contributed by atoms with van der Waals surface area (Å²) < 4.78 is 22.1. The Bertz CT molecular complexity index is 1030. The molecule has 1 aromatic heterocycles. The van der Waals surface area contributed by atoms with Crippen molar-refractivity contribution in [1.29, 1.82) is 0 Å². The molecule has 0 atom stereocenters. The van der Waals surface area contributed by atoms with Gasteiger partial charge in [0.25, 0.3) is 5.91 Å². The van der Waals surface area contributed by atoms with Crippen molar-refractivity contribution in [3.8, 4) is 23.0 Å². The molecule has 32 heavy (non-hydrogen) atoms. The molecule has 0 bridgehead atoms. The maximum absolute atomic E-state index is 12.8. The minimum Gasteiger partial charge on any atom is -0.493 e. The number of aromatic nitrogens is 1. The van der Waals surface area contributed by atoms with Crippen LogP contribution in [-0.4, -0.2) is 32.2 Å². The van der Waals surface area contributed by atoms with Crippen LogP contribution < -0.4 is 24.3 Å². The molecule has 0 aliphatic heterocycles. The second-order valence-corrected chi connectivity index (χ2v) is 7.31. The van der Waals surface area contributed by atoms with E-state index in [0.29, 0.717) is 36.0 Å². The van der Waals surface area contributed by atoms with Gasteiger partial charge in [-0.1, -0.05) is 6.07 Å². The van der Waals surface area contributed by atoms with Crippen LogP contribution in [0.25, 0.3) is 0 Å². The number of carbonyl (C=O) groups is 1. The number of carbonyl (C=O) groups excluding carboxylic acids is 1. The van der Waals surface area contributed by atoms with Crippen LogP contribution in [0.1, 0.15) is 32.6 Å². The van der Waals surface area contributed by atoms with Crippen LogP contribution in [0.2, 0.25) is 0 Å². The monoisotopic (exact) mass is 436 g/mol. The molecule has 3 rings (SSSR count). The van der Waals surface area contributed by atoms with Crippen molar-refractivity contribution < 1.29 is 23.7 Å². The highest BCUT2D eigenvalue weighted by Crippen LogP contribution is 2.38. The van der Waals surface area contributed by atoms with Crippen LogP contribution in [0.3, 0.4) is 0 Å². The maximum Gasteiger partial charge on any atom is 0.251 e. The van der Waals surface area contributed by atoms with E-state index >= 15 is 0 Å². The first-order chi connectivity index (χ1) is 15.5. The average molecular weight is 437 g/mol. The molecule has 0 aliphatic rings. The Hall–Kier alpha value is -3.74. The van der Waals surface area contributed by atoms with E-state index in [9.17, 15) is 4.79 Å². The number of rotatable bonds is 9. The number of ether oxygens (including phenoxy) is 4. The molecule has 7 heteroatoms. The van der Waals surface area contributed by atoms with Gasteiger partial charge in [-0.25, -0.2) is 0 Å².